The Morgan fingerprint density at radius 3 is 2.33 bits per heavy atom. The Morgan fingerprint density at radius 2 is 1.58 bits per heavy atom. The zero-order chi connectivity index (χ0) is 22.6. The van der Waals surface area contributed by atoms with E-state index in [0.717, 1.165) is 38.1 Å². The van der Waals surface area contributed by atoms with Crippen LogP contribution in [-0.4, -0.2) is 42.0 Å². The number of nitrogens with one attached hydrogen (secondary N) is 2. The van der Waals surface area contributed by atoms with Gasteiger partial charge in [-0.15, -0.1) is 0 Å². The number of benzene rings is 3. The number of hydrogen-bond donors (Lipinski definition) is 2. The van der Waals surface area contributed by atoms with Gasteiger partial charge in [0.05, 0.1) is 26.2 Å². The lowest BCUT2D eigenvalue weighted by molar-refractivity contribution is -0.929. The molecule has 4 nitrogen and oxygen atoms in total. The molecule has 0 spiro atoms. The number of quaternary nitrogens is 1. The maximum absolute atomic E-state index is 13.0. The van der Waals surface area contributed by atoms with Gasteiger partial charge in [-0.3, -0.25) is 4.79 Å². The average Bonchev–Trinajstić information content (AvgIpc) is 3.28. The highest BCUT2D eigenvalue weighted by Gasteiger charge is 2.31. The summed E-state index contributed by atoms with van der Waals surface area (Å²) >= 11 is 0. The summed E-state index contributed by atoms with van der Waals surface area (Å²) < 4.78 is 0. The molecule has 0 radical (unpaired) electrons. The third kappa shape index (κ3) is 4.71. The van der Waals surface area contributed by atoms with E-state index >= 15 is 0 Å². The van der Waals surface area contributed by atoms with Crippen molar-refractivity contribution in [1.29, 1.82) is 0 Å². The smallest absolute Gasteiger partial charge is 0.223 e. The molecule has 2 N–H and O–H groups in total. The second-order valence-electron chi connectivity index (χ2n) is 9.15. The van der Waals surface area contributed by atoms with Crippen molar-refractivity contribution in [3.63, 3.8) is 0 Å². The first-order chi connectivity index (χ1) is 16.2. The van der Waals surface area contributed by atoms with Crippen LogP contribution in [0.3, 0.4) is 0 Å². The van der Waals surface area contributed by atoms with Crippen molar-refractivity contribution < 1.29 is 9.69 Å². The first-order valence-electron chi connectivity index (χ1n) is 12.0. The van der Waals surface area contributed by atoms with Gasteiger partial charge in [0.15, 0.2) is 0 Å². The molecular weight excluding hydrogens is 406 g/mol. The highest BCUT2D eigenvalue weighted by Crippen LogP contribution is 2.21. The molecule has 1 fully saturated rings. The SMILES string of the molecule is Cc1ccc([C@H](c2ccccc2)[NH+]2CCN(C(=O)CCc3c[nH]c4ccccc34)CC2)cc1. The molecule has 1 amide bonds. The lowest BCUT2D eigenvalue weighted by Crippen LogP contribution is -3.15. The van der Waals surface area contributed by atoms with E-state index in [1.54, 1.807) is 0 Å². The fraction of sp³-hybridized carbons (Fsp3) is 0.276. The number of aryl methyl sites for hydroxylation is 2. The number of H-pyrrole nitrogens is 1. The van der Waals surface area contributed by atoms with Gasteiger partial charge in [0.2, 0.25) is 5.91 Å². The van der Waals surface area contributed by atoms with Crippen LogP contribution in [0.5, 0.6) is 0 Å². The van der Waals surface area contributed by atoms with E-state index in [4.69, 9.17) is 0 Å². The van der Waals surface area contributed by atoms with E-state index in [1.165, 1.54) is 32.5 Å². The zero-order valence-electron chi connectivity index (χ0n) is 19.3. The maximum Gasteiger partial charge on any atom is 0.223 e. The van der Waals surface area contributed by atoms with Crippen LogP contribution in [0.15, 0.2) is 85.1 Å². The second kappa shape index (κ2) is 9.63. The third-order valence-corrected chi connectivity index (χ3v) is 6.99. The largest absolute Gasteiger partial charge is 0.361 e. The molecule has 4 heteroatoms. The number of nitrogens with zero attached hydrogens (tertiary/aromatic N) is 1. The summed E-state index contributed by atoms with van der Waals surface area (Å²) in [5.41, 5.74) is 6.34. The Morgan fingerprint density at radius 1 is 0.909 bits per heavy atom. The van der Waals surface area contributed by atoms with Crippen LogP contribution in [0.4, 0.5) is 0 Å². The quantitative estimate of drug-likeness (QED) is 0.471. The maximum atomic E-state index is 13.0. The molecular formula is C29H32N3O+. The molecule has 3 aromatic carbocycles. The summed E-state index contributed by atoms with van der Waals surface area (Å²) in [5, 5.41) is 1.23. The van der Waals surface area contributed by atoms with Crippen LogP contribution in [0.25, 0.3) is 10.9 Å². The van der Waals surface area contributed by atoms with Gasteiger partial charge in [0.25, 0.3) is 0 Å². The van der Waals surface area contributed by atoms with Crippen molar-refractivity contribution in [2.75, 3.05) is 26.2 Å². The van der Waals surface area contributed by atoms with Crippen molar-refractivity contribution in [3.05, 3.63) is 107 Å². The van der Waals surface area contributed by atoms with E-state index < -0.39 is 0 Å². The van der Waals surface area contributed by atoms with E-state index in [0.29, 0.717) is 12.5 Å². The molecule has 0 aliphatic carbocycles. The van der Waals surface area contributed by atoms with Gasteiger partial charge < -0.3 is 14.8 Å². The fourth-order valence-corrected chi connectivity index (χ4v) is 5.14. The van der Waals surface area contributed by atoms with Gasteiger partial charge in [-0.25, -0.2) is 0 Å². The number of fused-ring (bicyclic) bond motifs is 1. The number of aromatic amines is 1. The minimum absolute atomic E-state index is 0.269. The standard InChI is InChI=1S/C29H31N3O/c1-22-11-13-24(14-12-22)29(23-7-3-2-4-8-23)32-19-17-31(18-20-32)28(33)16-15-25-21-30-27-10-6-5-9-26(25)27/h2-14,21,29-30H,15-20H2,1H3/p+1/t29-/m0/s1. The predicted molar refractivity (Wildman–Crippen MR) is 133 cm³/mol. The number of hydrogen-bond acceptors (Lipinski definition) is 1. The highest BCUT2D eigenvalue weighted by molar-refractivity contribution is 5.84. The molecule has 168 valence electrons. The Labute approximate surface area is 195 Å². The summed E-state index contributed by atoms with van der Waals surface area (Å²) in [7, 11) is 0. The molecule has 1 aliphatic rings. The van der Waals surface area contributed by atoms with E-state index in [9.17, 15) is 4.79 Å². The minimum atomic E-state index is 0.269. The molecule has 1 atom stereocenters. The Balaban J connectivity index is 1.24. The van der Waals surface area contributed by atoms with Gasteiger partial charge in [-0.2, -0.15) is 0 Å². The van der Waals surface area contributed by atoms with Gasteiger partial charge in [0.1, 0.15) is 6.04 Å². The molecule has 1 aliphatic heterocycles. The Kier molecular flexibility index (Phi) is 6.27. The monoisotopic (exact) mass is 438 g/mol. The number of rotatable bonds is 6. The molecule has 5 rings (SSSR count). The topological polar surface area (TPSA) is 40.5 Å². The molecule has 2 heterocycles. The zero-order valence-corrected chi connectivity index (χ0v) is 19.3. The Hall–Kier alpha value is -3.37. The normalized spacial score (nSPS) is 15.6. The predicted octanol–water partition coefficient (Wildman–Crippen LogP) is 3.93. The number of carbonyl (C=O) groups excluding carboxylic acids is 1. The van der Waals surface area contributed by atoms with Gasteiger partial charge >= 0.3 is 0 Å². The minimum Gasteiger partial charge on any atom is -0.361 e. The van der Waals surface area contributed by atoms with Crippen LogP contribution >= 0.6 is 0 Å². The first kappa shape index (κ1) is 21.5. The van der Waals surface area contributed by atoms with Crippen molar-refractivity contribution in [2.45, 2.75) is 25.8 Å². The molecule has 1 aromatic heterocycles. The summed E-state index contributed by atoms with van der Waals surface area (Å²) in [6.45, 7) is 5.70. The number of para-hydroxylation sites is 1. The molecule has 0 saturated carbocycles. The summed E-state index contributed by atoms with van der Waals surface area (Å²) in [6.07, 6.45) is 3.40. The van der Waals surface area contributed by atoms with E-state index in [2.05, 4.69) is 89.6 Å². The van der Waals surface area contributed by atoms with E-state index in [-0.39, 0.29) is 5.91 Å². The first-order valence-corrected chi connectivity index (χ1v) is 12.0. The molecule has 33 heavy (non-hydrogen) atoms. The number of aromatic nitrogens is 1. The lowest BCUT2D eigenvalue weighted by atomic mass is 9.95. The average molecular weight is 439 g/mol. The molecule has 4 aromatic rings. The number of carbonyl (C=O) groups is 1. The van der Waals surface area contributed by atoms with Gasteiger partial charge in [0, 0.05) is 34.6 Å². The third-order valence-electron chi connectivity index (χ3n) is 6.99. The molecule has 1 saturated heterocycles. The van der Waals surface area contributed by atoms with Gasteiger partial charge in [-0.05, 0) is 25.0 Å². The Bertz CT molecular complexity index is 1200. The number of piperazine rings is 1. The lowest BCUT2D eigenvalue weighted by Gasteiger charge is -2.37. The van der Waals surface area contributed by atoms with Crippen molar-refractivity contribution in [1.82, 2.24) is 9.88 Å². The van der Waals surface area contributed by atoms with Crippen molar-refractivity contribution in [2.24, 2.45) is 0 Å². The second-order valence-corrected chi connectivity index (χ2v) is 9.15. The van der Waals surface area contributed by atoms with Gasteiger partial charge in [-0.1, -0.05) is 78.4 Å². The summed E-state index contributed by atoms with van der Waals surface area (Å²) in [6, 6.07) is 28.3. The molecule has 0 unspecified atom stereocenters. The van der Waals surface area contributed by atoms with E-state index in [1.807, 2.05) is 12.3 Å². The molecule has 0 bridgehead atoms. The van der Waals surface area contributed by atoms with Crippen molar-refractivity contribution in [3.8, 4) is 0 Å². The summed E-state index contributed by atoms with van der Waals surface area (Å²) in [4.78, 5) is 19.9. The van der Waals surface area contributed by atoms with Crippen LogP contribution in [-0.2, 0) is 11.2 Å². The van der Waals surface area contributed by atoms with Crippen LogP contribution in [0.2, 0.25) is 0 Å². The van der Waals surface area contributed by atoms with Crippen LogP contribution in [0, 0.1) is 6.92 Å². The highest BCUT2D eigenvalue weighted by atomic mass is 16.2. The number of amides is 1. The van der Waals surface area contributed by atoms with Crippen LogP contribution in [0.1, 0.15) is 34.7 Å². The fourth-order valence-electron chi connectivity index (χ4n) is 5.14. The van der Waals surface area contributed by atoms with Crippen LogP contribution < -0.4 is 4.90 Å². The van der Waals surface area contributed by atoms with Crippen molar-refractivity contribution >= 4 is 16.8 Å². The summed E-state index contributed by atoms with van der Waals surface area (Å²) in [5.74, 6) is 0.269.